The van der Waals surface area contributed by atoms with Gasteiger partial charge < -0.3 is 9.84 Å². The van der Waals surface area contributed by atoms with E-state index in [-0.39, 0.29) is 0 Å². The molecule has 0 aliphatic heterocycles. The molecule has 1 N–H and O–H groups in total. The lowest BCUT2D eigenvalue weighted by Crippen LogP contribution is -2.00. The number of hydrogen-bond acceptors (Lipinski definition) is 4. The lowest BCUT2D eigenvalue weighted by molar-refractivity contribution is 0.270. The molecule has 0 unspecified atom stereocenters. The van der Waals surface area contributed by atoms with Gasteiger partial charge in [0.2, 0.25) is 12.2 Å². The molecular weight excluding hydrogens is 214 g/mol. The maximum Gasteiger partial charge on any atom is 0.280 e. The summed E-state index contributed by atoms with van der Waals surface area (Å²) in [5, 5.41) is 5.83. The Kier molecular flexibility index (Phi) is 2.68. The van der Waals surface area contributed by atoms with Crippen molar-refractivity contribution in [2.75, 3.05) is 5.32 Å². The fourth-order valence-corrected chi connectivity index (χ4v) is 1.25. The normalized spacial score (nSPS) is 9.93. The van der Waals surface area contributed by atoms with Gasteiger partial charge in [0.1, 0.15) is 0 Å². The SMILES string of the molecule is O=C(S)Nc1ccc(-c2ncon2)cc1. The topological polar surface area (TPSA) is 68.0 Å². The number of hydrogen-bond donors (Lipinski definition) is 2. The molecule has 0 saturated carbocycles. The van der Waals surface area contributed by atoms with Gasteiger partial charge in [0.15, 0.2) is 0 Å². The molecule has 0 saturated heterocycles. The number of carbonyl (C=O) groups is 1. The number of rotatable bonds is 2. The molecule has 1 aromatic heterocycles. The maximum atomic E-state index is 10.6. The highest BCUT2D eigenvalue weighted by molar-refractivity contribution is 7.96. The Morgan fingerprint density at radius 3 is 2.60 bits per heavy atom. The van der Waals surface area contributed by atoms with Crippen LogP contribution in [0, 0.1) is 0 Å². The van der Waals surface area contributed by atoms with Crippen molar-refractivity contribution in [2.24, 2.45) is 0 Å². The molecule has 0 atom stereocenters. The Morgan fingerprint density at radius 2 is 2.07 bits per heavy atom. The molecule has 6 heteroatoms. The van der Waals surface area contributed by atoms with Gasteiger partial charge in [-0.15, -0.1) is 0 Å². The standard InChI is InChI=1S/C9H7N3O2S/c13-9(15)11-7-3-1-6(2-4-7)8-10-5-14-12-8/h1-5H,(H2,11,13,15). The zero-order valence-electron chi connectivity index (χ0n) is 7.54. The first-order chi connectivity index (χ1) is 7.25. The first-order valence-corrected chi connectivity index (χ1v) is 4.57. The fourth-order valence-electron chi connectivity index (χ4n) is 1.12. The van der Waals surface area contributed by atoms with E-state index in [1.54, 1.807) is 24.3 Å². The number of thiol groups is 1. The monoisotopic (exact) mass is 221 g/mol. The highest BCUT2D eigenvalue weighted by Gasteiger charge is 2.02. The van der Waals surface area contributed by atoms with Crippen molar-refractivity contribution in [1.29, 1.82) is 0 Å². The third-order valence-electron chi connectivity index (χ3n) is 1.76. The third kappa shape index (κ3) is 2.35. The average Bonchev–Trinajstić information content (AvgIpc) is 2.71. The summed E-state index contributed by atoms with van der Waals surface area (Å²) in [6.07, 6.45) is 1.26. The zero-order valence-corrected chi connectivity index (χ0v) is 8.44. The zero-order chi connectivity index (χ0) is 10.7. The number of aromatic nitrogens is 2. The van der Waals surface area contributed by atoms with E-state index < -0.39 is 5.24 Å². The van der Waals surface area contributed by atoms with E-state index in [0.29, 0.717) is 11.5 Å². The Morgan fingerprint density at radius 1 is 1.33 bits per heavy atom. The van der Waals surface area contributed by atoms with Gasteiger partial charge in [-0.2, -0.15) is 4.98 Å². The van der Waals surface area contributed by atoms with Gasteiger partial charge in [0.25, 0.3) is 5.24 Å². The van der Waals surface area contributed by atoms with Crippen molar-refractivity contribution in [3.05, 3.63) is 30.7 Å². The van der Waals surface area contributed by atoms with Crippen LogP contribution in [0.15, 0.2) is 35.2 Å². The molecule has 15 heavy (non-hydrogen) atoms. The van der Waals surface area contributed by atoms with Crippen LogP contribution in [-0.2, 0) is 0 Å². The van der Waals surface area contributed by atoms with Gasteiger partial charge in [-0.05, 0) is 24.3 Å². The van der Waals surface area contributed by atoms with Crippen LogP contribution in [-0.4, -0.2) is 15.4 Å². The van der Waals surface area contributed by atoms with E-state index in [1.165, 1.54) is 6.39 Å². The summed E-state index contributed by atoms with van der Waals surface area (Å²) in [7, 11) is 0. The second-order valence-corrected chi connectivity index (χ2v) is 3.17. The van der Waals surface area contributed by atoms with Gasteiger partial charge in [-0.3, -0.25) is 4.79 Å². The second kappa shape index (κ2) is 4.14. The van der Waals surface area contributed by atoms with Gasteiger partial charge in [0, 0.05) is 11.3 Å². The molecule has 0 spiro atoms. The van der Waals surface area contributed by atoms with Crippen molar-refractivity contribution in [3.63, 3.8) is 0 Å². The summed E-state index contributed by atoms with van der Waals surface area (Å²) in [4.78, 5) is 14.5. The van der Waals surface area contributed by atoms with Crippen LogP contribution >= 0.6 is 12.6 Å². The molecule has 1 aromatic carbocycles. The Bertz CT molecular complexity index is 453. The fraction of sp³-hybridized carbons (Fsp3) is 0. The van der Waals surface area contributed by atoms with E-state index in [9.17, 15) is 4.79 Å². The molecule has 2 aromatic rings. The van der Waals surface area contributed by atoms with Crippen LogP contribution in [0.1, 0.15) is 0 Å². The number of nitrogens with zero attached hydrogens (tertiary/aromatic N) is 2. The predicted molar refractivity (Wildman–Crippen MR) is 57.7 cm³/mol. The summed E-state index contributed by atoms with van der Waals surface area (Å²) in [6, 6.07) is 7.04. The molecule has 0 radical (unpaired) electrons. The summed E-state index contributed by atoms with van der Waals surface area (Å²) in [5.41, 5.74) is 1.49. The van der Waals surface area contributed by atoms with Crippen molar-refractivity contribution >= 4 is 23.6 Å². The van der Waals surface area contributed by atoms with Gasteiger partial charge >= 0.3 is 0 Å². The molecule has 0 aliphatic carbocycles. The smallest absolute Gasteiger partial charge is 0.280 e. The van der Waals surface area contributed by atoms with Crippen LogP contribution in [0.2, 0.25) is 0 Å². The quantitative estimate of drug-likeness (QED) is 0.763. The largest absolute Gasteiger partial charge is 0.342 e. The van der Waals surface area contributed by atoms with Crippen molar-refractivity contribution in [3.8, 4) is 11.4 Å². The van der Waals surface area contributed by atoms with E-state index in [1.807, 2.05) is 0 Å². The molecule has 76 valence electrons. The van der Waals surface area contributed by atoms with Crippen LogP contribution < -0.4 is 5.32 Å². The molecule has 5 nitrogen and oxygen atoms in total. The van der Waals surface area contributed by atoms with Gasteiger partial charge in [-0.25, -0.2) is 0 Å². The summed E-state index contributed by atoms with van der Waals surface area (Å²) in [5.74, 6) is 0.513. The van der Waals surface area contributed by atoms with Gasteiger partial charge in [-0.1, -0.05) is 17.8 Å². The number of amides is 1. The molecule has 0 bridgehead atoms. The summed E-state index contributed by atoms with van der Waals surface area (Å²) >= 11 is 3.61. The van der Waals surface area contributed by atoms with Crippen LogP contribution in [0.4, 0.5) is 10.5 Å². The van der Waals surface area contributed by atoms with Crippen molar-refractivity contribution < 1.29 is 9.32 Å². The second-order valence-electron chi connectivity index (χ2n) is 2.76. The van der Waals surface area contributed by atoms with Crippen LogP contribution in [0.3, 0.4) is 0 Å². The van der Waals surface area contributed by atoms with Crippen molar-refractivity contribution in [2.45, 2.75) is 0 Å². The first kappa shape index (κ1) is 9.72. The number of nitrogens with one attached hydrogen (secondary N) is 1. The van der Waals surface area contributed by atoms with E-state index in [2.05, 4.69) is 32.6 Å². The maximum absolute atomic E-state index is 10.6. The Labute approximate surface area is 90.9 Å². The first-order valence-electron chi connectivity index (χ1n) is 4.12. The molecule has 0 fully saturated rings. The van der Waals surface area contributed by atoms with Crippen molar-refractivity contribution in [1.82, 2.24) is 10.1 Å². The lowest BCUT2D eigenvalue weighted by Gasteiger charge is -2.00. The minimum Gasteiger partial charge on any atom is -0.342 e. The third-order valence-corrected chi connectivity index (χ3v) is 1.87. The molecule has 1 heterocycles. The van der Waals surface area contributed by atoms with E-state index in [4.69, 9.17) is 0 Å². The number of anilines is 1. The van der Waals surface area contributed by atoms with E-state index >= 15 is 0 Å². The molecular formula is C9H7N3O2S. The van der Waals surface area contributed by atoms with Crippen LogP contribution in [0.5, 0.6) is 0 Å². The Hall–Kier alpha value is -1.82. The summed E-state index contributed by atoms with van der Waals surface area (Å²) in [6.45, 7) is 0. The van der Waals surface area contributed by atoms with E-state index in [0.717, 1.165) is 5.56 Å². The predicted octanol–water partition coefficient (Wildman–Crippen LogP) is 2.20. The summed E-state index contributed by atoms with van der Waals surface area (Å²) < 4.78 is 4.62. The minimum absolute atomic E-state index is 0.401. The van der Waals surface area contributed by atoms with Gasteiger partial charge in [0.05, 0.1) is 0 Å². The number of benzene rings is 1. The lowest BCUT2D eigenvalue weighted by atomic mass is 10.2. The average molecular weight is 221 g/mol. The Balaban J connectivity index is 2.21. The highest BCUT2D eigenvalue weighted by Crippen LogP contribution is 2.17. The van der Waals surface area contributed by atoms with Crippen LogP contribution in [0.25, 0.3) is 11.4 Å². The number of carbonyl (C=O) groups excluding carboxylic acids is 1. The minimum atomic E-state index is -0.401. The molecule has 0 aliphatic rings. The molecule has 1 amide bonds. The highest BCUT2D eigenvalue weighted by atomic mass is 32.1. The molecule has 2 rings (SSSR count).